The van der Waals surface area contributed by atoms with Crippen molar-refractivity contribution in [2.75, 3.05) is 17.8 Å². The zero-order chi connectivity index (χ0) is 26.7. The van der Waals surface area contributed by atoms with E-state index in [4.69, 9.17) is 4.74 Å². The van der Waals surface area contributed by atoms with Crippen molar-refractivity contribution in [2.45, 2.75) is 103 Å². The molecule has 1 amide bonds. The van der Waals surface area contributed by atoms with E-state index in [2.05, 4.69) is 28.7 Å². The van der Waals surface area contributed by atoms with Gasteiger partial charge in [0.25, 0.3) is 5.91 Å². The Bertz CT molecular complexity index is 951. The van der Waals surface area contributed by atoms with Crippen LogP contribution in [0.15, 0.2) is 60.1 Å². The maximum atomic E-state index is 12.8. The fourth-order valence-electron chi connectivity index (χ4n) is 4.77. The molecule has 2 aromatic rings. The average Bonchev–Trinajstić information content (AvgIpc) is 3.45. The van der Waals surface area contributed by atoms with Crippen molar-refractivity contribution in [3.8, 4) is 5.75 Å². The molecule has 1 N–H and O–H groups in total. The molecule has 39 heavy (non-hydrogen) atoms. The second-order valence-corrected chi connectivity index (χ2v) is 11.3. The number of thioether (sulfide) groups is 1. The lowest BCUT2D eigenvalue weighted by molar-refractivity contribution is 0.102. The van der Waals surface area contributed by atoms with Crippen LogP contribution in [0.3, 0.4) is 0 Å². The molecular weight excluding hydrogens is 568 g/mol. The number of carbonyl (C=O) groups excluding carboxylic acids is 1. The number of unbranched alkanes of at least 4 members (excludes halogenated alkanes) is 13. The van der Waals surface area contributed by atoms with Crippen LogP contribution in [-0.4, -0.2) is 23.3 Å². The third-order valence-electron chi connectivity index (χ3n) is 7.10. The van der Waals surface area contributed by atoms with Crippen molar-refractivity contribution in [3.63, 3.8) is 0 Å². The topological polar surface area (TPSA) is 41.6 Å². The predicted octanol–water partition coefficient (Wildman–Crippen LogP) is 10.4. The van der Waals surface area contributed by atoms with E-state index >= 15 is 0 Å². The summed E-state index contributed by atoms with van der Waals surface area (Å²) < 4.78 is 6.05. The summed E-state index contributed by atoms with van der Waals surface area (Å²) >= 11 is 1.80. The first kappa shape index (κ1) is 33.3. The molecule has 4 nitrogen and oxygen atoms in total. The molecule has 1 aliphatic heterocycles. The molecule has 0 radical (unpaired) electrons. The van der Waals surface area contributed by atoms with Gasteiger partial charge in [-0.3, -0.25) is 4.79 Å². The Morgan fingerprint density at radius 2 is 1.41 bits per heavy atom. The molecule has 216 valence electrons. The molecule has 0 bridgehead atoms. The Labute approximate surface area is 252 Å². The third kappa shape index (κ3) is 13.8. The highest BCUT2D eigenvalue weighted by Crippen LogP contribution is 2.25. The lowest BCUT2D eigenvalue weighted by Crippen LogP contribution is -2.14. The minimum Gasteiger partial charge on any atom is -0.491 e. The van der Waals surface area contributed by atoms with Crippen LogP contribution < -0.4 is 10.1 Å². The summed E-state index contributed by atoms with van der Waals surface area (Å²) in [7, 11) is 0. The normalized spacial score (nSPS) is 12.4. The van der Waals surface area contributed by atoms with Crippen molar-refractivity contribution in [3.05, 3.63) is 71.3 Å². The van der Waals surface area contributed by atoms with E-state index in [1.165, 1.54) is 89.0 Å². The largest absolute Gasteiger partial charge is 0.491 e. The van der Waals surface area contributed by atoms with Crippen LogP contribution in [0.2, 0.25) is 0 Å². The third-order valence-corrected chi connectivity index (χ3v) is 7.90. The highest BCUT2D eigenvalue weighted by Gasteiger charge is 2.11. The lowest BCUT2D eigenvalue weighted by atomic mass is 10.0. The van der Waals surface area contributed by atoms with E-state index in [1.807, 2.05) is 48.5 Å². The maximum absolute atomic E-state index is 12.8. The van der Waals surface area contributed by atoms with Crippen LogP contribution in [0, 0.1) is 0 Å². The smallest absolute Gasteiger partial charge is 0.255 e. The SMILES string of the molecule is Br.CCCCCCCCCCCCCCCCOc1ccccc1NC(=O)c1ccc(CN2C=CSC2)cc1. The van der Waals surface area contributed by atoms with Crippen molar-refractivity contribution >= 4 is 40.3 Å². The zero-order valence-electron chi connectivity index (χ0n) is 23.9. The molecule has 6 heteroatoms. The number of anilines is 1. The van der Waals surface area contributed by atoms with Crippen molar-refractivity contribution in [1.29, 1.82) is 0 Å². The fourth-order valence-corrected chi connectivity index (χ4v) is 5.49. The first-order valence-electron chi connectivity index (χ1n) is 14.9. The Morgan fingerprint density at radius 3 is 2.00 bits per heavy atom. The van der Waals surface area contributed by atoms with Crippen LogP contribution in [0.1, 0.15) is 113 Å². The van der Waals surface area contributed by atoms with Crippen LogP contribution in [0.5, 0.6) is 5.75 Å². The highest BCUT2D eigenvalue weighted by molar-refractivity contribution is 8.93. The van der Waals surface area contributed by atoms with Gasteiger partial charge in [0, 0.05) is 18.3 Å². The Balaban J connectivity index is 0.00000533. The van der Waals surface area contributed by atoms with Crippen LogP contribution in [0.4, 0.5) is 5.69 Å². The lowest BCUT2D eigenvalue weighted by Gasteiger charge is -2.15. The van der Waals surface area contributed by atoms with Gasteiger partial charge in [0.2, 0.25) is 0 Å². The number of rotatable bonds is 20. The molecule has 0 spiro atoms. The Kier molecular flexibility index (Phi) is 17.8. The number of hydrogen-bond acceptors (Lipinski definition) is 4. The van der Waals surface area contributed by atoms with E-state index in [0.29, 0.717) is 12.2 Å². The summed E-state index contributed by atoms with van der Waals surface area (Å²) in [6.07, 6.45) is 21.0. The molecule has 0 unspecified atom stereocenters. The highest BCUT2D eigenvalue weighted by atomic mass is 79.9. The van der Waals surface area contributed by atoms with Gasteiger partial charge in [-0.05, 0) is 41.7 Å². The van der Waals surface area contributed by atoms with Gasteiger partial charge < -0.3 is 15.0 Å². The minimum absolute atomic E-state index is 0. The number of benzene rings is 2. The van der Waals surface area contributed by atoms with Gasteiger partial charge in [-0.2, -0.15) is 0 Å². The zero-order valence-corrected chi connectivity index (χ0v) is 26.4. The molecule has 0 fully saturated rings. The molecule has 0 saturated heterocycles. The average molecular weight is 618 g/mol. The fraction of sp³-hybridized carbons (Fsp3) is 0.545. The monoisotopic (exact) mass is 616 g/mol. The van der Waals surface area contributed by atoms with Crippen LogP contribution in [-0.2, 0) is 6.54 Å². The minimum atomic E-state index is -0.110. The van der Waals surface area contributed by atoms with Gasteiger partial charge in [-0.15, -0.1) is 28.7 Å². The van der Waals surface area contributed by atoms with Crippen molar-refractivity contribution < 1.29 is 9.53 Å². The second-order valence-electron chi connectivity index (χ2n) is 10.4. The number of halogens is 1. The summed E-state index contributed by atoms with van der Waals surface area (Å²) in [6, 6.07) is 15.6. The molecule has 2 aromatic carbocycles. The summed E-state index contributed by atoms with van der Waals surface area (Å²) in [4.78, 5) is 15.1. The van der Waals surface area contributed by atoms with Gasteiger partial charge in [0.15, 0.2) is 0 Å². The molecule has 1 heterocycles. The number of hydrogen-bond donors (Lipinski definition) is 1. The van der Waals surface area contributed by atoms with E-state index in [0.717, 1.165) is 30.3 Å². The molecule has 0 aromatic heterocycles. The molecule has 1 aliphatic rings. The Hall–Kier alpha value is -1.92. The number of carbonyl (C=O) groups is 1. The van der Waals surface area contributed by atoms with Crippen LogP contribution >= 0.6 is 28.7 Å². The maximum Gasteiger partial charge on any atom is 0.255 e. The van der Waals surface area contributed by atoms with Crippen LogP contribution in [0.25, 0.3) is 0 Å². The quantitative estimate of drug-likeness (QED) is 0.150. The van der Waals surface area contributed by atoms with E-state index < -0.39 is 0 Å². The number of amides is 1. The number of ether oxygens (including phenoxy) is 1. The standard InChI is InChI=1S/C33H48N2O2S.BrH/c1-2-3-4-5-6-7-8-9-10-11-12-13-14-17-25-37-32-19-16-15-18-31(32)34-33(36)30-22-20-29(21-23-30)27-35-24-26-38-28-35;/h15-16,18-24,26H,2-14,17,25,27-28H2,1H3,(H,34,36);1H. The van der Waals surface area contributed by atoms with Gasteiger partial charge in [-0.25, -0.2) is 0 Å². The first-order valence-corrected chi connectivity index (χ1v) is 16.0. The van der Waals surface area contributed by atoms with Gasteiger partial charge >= 0.3 is 0 Å². The molecular formula is C33H49BrN2O2S. The number of nitrogens with one attached hydrogen (secondary N) is 1. The summed E-state index contributed by atoms with van der Waals surface area (Å²) in [6.45, 7) is 3.83. The van der Waals surface area contributed by atoms with Crippen molar-refractivity contribution in [2.24, 2.45) is 0 Å². The van der Waals surface area contributed by atoms with Crippen molar-refractivity contribution in [1.82, 2.24) is 4.90 Å². The molecule has 3 rings (SSSR count). The van der Waals surface area contributed by atoms with Gasteiger partial charge in [0.1, 0.15) is 5.75 Å². The van der Waals surface area contributed by atoms with E-state index in [-0.39, 0.29) is 22.9 Å². The summed E-state index contributed by atoms with van der Waals surface area (Å²) in [5.74, 6) is 1.62. The summed E-state index contributed by atoms with van der Waals surface area (Å²) in [5.41, 5.74) is 2.58. The van der Waals surface area contributed by atoms with E-state index in [9.17, 15) is 4.79 Å². The molecule has 0 atom stereocenters. The number of nitrogens with zero attached hydrogens (tertiary/aromatic N) is 1. The van der Waals surface area contributed by atoms with E-state index in [1.54, 1.807) is 11.8 Å². The molecule has 0 aliphatic carbocycles. The number of para-hydroxylation sites is 2. The summed E-state index contributed by atoms with van der Waals surface area (Å²) in [5, 5.41) is 5.14. The molecule has 0 saturated carbocycles. The Morgan fingerprint density at radius 1 is 0.821 bits per heavy atom. The predicted molar refractivity (Wildman–Crippen MR) is 174 cm³/mol. The van der Waals surface area contributed by atoms with Gasteiger partial charge in [-0.1, -0.05) is 115 Å². The van der Waals surface area contributed by atoms with Gasteiger partial charge in [0.05, 0.1) is 18.2 Å². The second kappa shape index (κ2) is 20.9. The first-order chi connectivity index (χ1) is 18.8.